The normalized spacial score (nSPS) is 37.4. The van der Waals surface area contributed by atoms with Crippen LogP contribution >= 0.6 is 0 Å². The van der Waals surface area contributed by atoms with Crippen molar-refractivity contribution in [1.29, 1.82) is 0 Å². The van der Waals surface area contributed by atoms with E-state index in [2.05, 4.69) is 24.1 Å². The van der Waals surface area contributed by atoms with E-state index in [1.807, 2.05) is 0 Å². The van der Waals surface area contributed by atoms with Crippen LogP contribution in [-0.2, 0) is 0 Å². The standard InChI is InChI=1S/C15H30N2/c1-3-14-9-12-17(11-4-10-16-14)15-7-5-13(2)6-8-15/h13-16H,3-12H2,1-2H3. The third kappa shape index (κ3) is 3.96. The third-order valence-electron chi connectivity index (χ3n) is 4.81. The molecule has 1 atom stereocenters. The molecule has 0 radical (unpaired) electrons. The summed E-state index contributed by atoms with van der Waals surface area (Å²) in [5.41, 5.74) is 0. The van der Waals surface area contributed by atoms with Crippen LogP contribution in [0.4, 0.5) is 0 Å². The molecule has 1 N–H and O–H groups in total. The molecule has 1 aliphatic carbocycles. The Morgan fingerprint density at radius 2 is 1.82 bits per heavy atom. The zero-order valence-corrected chi connectivity index (χ0v) is 11.8. The van der Waals surface area contributed by atoms with Crippen LogP contribution in [-0.4, -0.2) is 36.6 Å². The highest BCUT2D eigenvalue weighted by molar-refractivity contribution is 4.81. The molecule has 0 aromatic heterocycles. The molecule has 17 heavy (non-hydrogen) atoms. The first kappa shape index (κ1) is 13.4. The van der Waals surface area contributed by atoms with Crippen molar-refractivity contribution < 1.29 is 0 Å². The van der Waals surface area contributed by atoms with Gasteiger partial charge in [0.05, 0.1) is 0 Å². The Bertz CT molecular complexity index is 209. The van der Waals surface area contributed by atoms with Crippen molar-refractivity contribution in [1.82, 2.24) is 10.2 Å². The van der Waals surface area contributed by atoms with Gasteiger partial charge in [0, 0.05) is 12.1 Å². The lowest BCUT2D eigenvalue weighted by molar-refractivity contribution is 0.124. The van der Waals surface area contributed by atoms with E-state index in [0.717, 1.165) is 18.0 Å². The van der Waals surface area contributed by atoms with Crippen LogP contribution in [0.3, 0.4) is 0 Å². The van der Waals surface area contributed by atoms with Gasteiger partial charge in [0.2, 0.25) is 0 Å². The molecule has 2 nitrogen and oxygen atoms in total. The number of hydrogen-bond acceptors (Lipinski definition) is 2. The van der Waals surface area contributed by atoms with Gasteiger partial charge < -0.3 is 10.2 Å². The average Bonchev–Trinajstić information content (AvgIpc) is 2.31. The molecule has 1 saturated carbocycles. The molecule has 2 fully saturated rings. The molecule has 100 valence electrons. The minimum absolute atomic E-state index is 0.764. The lowest BCUT2D eigenvalue weighted by Gasteiger charge is -2.38. The van der Waals surface area contributed by atoms with Crippen molar-refractivity contribution >= 4 is 0 Å². The molecule has 0 amide bonds. The molecule has 0 aromatic carbocycles. The molecular weight excluding hydrogens is 208 g/mol. The van der Waals surface area contributed by atoms with Gasteiger partial charge in [-0.05, 0) is 70.5 Å². The van der Waals surface area contributed by atoms with Crippen molar-refractivity contribution in [2.75, 3.05) is 19.6 Å². The van der Waals surface area contributed by atoms with Crippen molar-refractivity contribution in [3.05, 3.63) is 0 Å². The van der Waals surface area contributed by atoms with Gasteiger partial charge in [-0.3, -0.25) is 0 Å². The van der Waals surface area contributed by atoms with Gasteiger partial charge in [0.1, 0.15) is 0 Å². The maximum absolute atomic E-state index is 3.68. The van der Waals surface area contributed by atoms with Crippen LogP contribution in [0.5, 0.6) is 0 Å². The Morgan fingerprint density at radius 1 is 1.06 bits per heavy atom. The predicted molar refractivity (Wildman–Crippen MR) is 74.3 cm³/mol. The molecule has 2 aliphatic rings. The van der Waals surface area contributed by atoms with Crippen molar-refractivity contribution in [3.8, 4) is 0 Å². The Morgan fingerprint density at radius 3 is 2.53 bits per heavy atom. The van der Waals surface area contributed by atoms with Crippen LogP contribution in [0.15, 0.2) is 0 Å². The van der Waals surface area contributed by atoms with Crippen molar-refractivity contribution in [2.24, 2.45) is 5.92 Å². The van der Waals surface area contributed by atoms with Crippen LogP contribution in [0, 0.1) is 5.92 Å². The van der Waals surface area contributed by atoms with Gasteiger partial charge >= 0.3 is 0 Å². The molecular formula is C15H30N2. The Balaban J connectivity index is 1.82. The van der Waals surface area contributed by atoms with E-state index >= 15 is 0 Å². The zero-order valence-electron chi connectivity index (χ0n) is 11.8. The summed E-state index contributed by atoms with van der Waals surface area (Å²) in [6.07, 6.45) is 9.78. The highest BCUT2D eigenvalue weighted by Gasteiger charge is 2.24. The summed E-state index contributed by atoms with van der Waals surface area (Å²) in [6.45, 7) is 8.60. The summed E-state index contributed by atoms with van der Waals surface area (Å²) in [5, 5.41) is 3.68. The highest BCUT2D eigenvalue weighted by Crippen LogP contribution is 2.27. The minimum Gasteiger partial charge on any atom is -0.314 e. The molecule has 0 spiro atoms. The maximum Gasteiger partial charge on any atom is 0.00954 e. The van der Waals surface area contributed by atoms with Crippen LogP contribution in [0.2, 0.25) is 0 Å². The first-order valence-corrected chi connectivity index (χ1v) is 7.77. The summed E-state index contributed by atoms with van der Waals surface area (Å²) in [5.74, 6) is 0.978. The Kier molecular flexibility index (Phi) is 5.30. The quantitative estimate of drug-likeness (QED) is 0.795. The van der Waals surface area contributed by atoms with Crippen LogP contribution < -0.4 is 5.32 Å². The molecule has 1 unspecified atom stereocenters. The number of hydrogen-bond donors (Lipinski definition) is 1. The summed E-state index contributed by atoms with van der Waals surface area (Å²) >= 11 is 0. The third-order valence-corrected chi connectivity index (χ3v) is 4.81. The SMILES string of the molecule is CCC1CCN(C2CCC(C)CC2)CCCN1. The van der Waals surface area contributed by atoms with Gasteiger partial charge in [-0.15, -0.1) is 0 Å². The Hall–Kier alpha value is -0.0800. The van der Waals surface area contributed by atoms with E-state index < -0.39 is 0 Å². The monoisotopic (exact) mass is 238 g/mol. The average molecular weight is 238 g/mol. The van der Waals surface area contributed by atoms with Gasteiger partial charge in [0.15, 0.2) is 0 Å². The summed E-state index contributed by atoms with van der Waals surface area (Å²) in [7, 11) is 0. The largest absolute Gasteiger partial charge is 0.314 e. The van der Waals surface area contributed by atoms with E-state index in [1.54, 1.807) is 0 Å². The number of rotatable bonds is 2. The lowest BCUT2D eigenvalue weighted by Crippen LogP contribution is -2.45. The molecule has 1 aliphatic heterocycles. The lowest BCUT2D eigenvalue weighted by atomic mass is 9.86. The molecule has 0 aromatic rings. The fraction of sp³-hybridized carbons (Fsp3) is 1.00. The molecule has 0 bridgehead atoms. The van der Waals surface area contributed by atoms with E-state index in [-0.39, 0.29) is 0 Å². The van der Waals surface area contributed by atoms with Gasteiger partial charge in [-0.25, -0.2) is 0 Å². The van der Waals surface area contributed by atoms with Gasteiger partial charge in [0.25, 0.3) is 0 Å². The van der Waals surface area contributed by atoms with Crippen LogP contribution in [0.25, 0.3) is 0 Å². The second kappa shape index (κ2) is 6.75. The minimum atomic E-state index is 0.764. The maximum atomic E-state index is 3.68. The van der Waals surface area contributed by atoms with E-state index in [9.17, 15) is 0 Å². The second-order valence-electron chi connectivity index (χ2n) is 6.15. The van der Waals surface area contributed by atoms with Crippen molar-refractivity contribution in [3.63, 3.8) is 0 Å². The second-order valence-corrected chi connectivity index (χ2v) is 6.15. The molecule has 2 rings (SSSR count). The summed E-state index contributed by atoms with van der Waals surface area (Å²) < 4.78 is 0. The van der Waals surface area contributed by atoms with Crippen molar-refractivity contribution in [2.45, 2.75) is 70.9 Å². The summed E-state index contributed by atoms with van der Waals surface area (Å²) in [4.78, 5) is 2.80. The smallest absolute Gasteiger partial charge is 0.00954 e. The molecule has 1 heterocycles. The van der Waals surface area contributed by atoms with Crippen LogP contribution in [0.1, 0.15) is 58.8 Å². The summed E-state index contributed by atoms with van der Waals surface area (Å²) in [6, 6.07) is 1.67. The van der Waals surface area contributed by atoms with E-state index in [1.165, 1.54) is 64.6 Å². The van der Waals surface area contributed by atoms with Gasteiger partial charge in [-0.2, -0.15) is 0 Å². The first-order chi connectivity index (χ1) is 8.29. The number of nitrogens with one attached hydrogen (secondary N) is 1. The predicted octanol–water partition coefficient (Wildman–Crippen LogP) is 3.03. The fourth-order valence-corrected chi connectivity index (χ4v) is 3.45. The van der Waals surface area contributed by atoms with E-state index in [4.69, 9.17) is 0 Å². The van der Waals surface area contributed by atoms with E-state index in [0.29, 0.717) is 0 Å². The molecule has 2 heteroatoms. The highest BCUT2D eigenvalue weighted by atomic mass is 15.2. The first-order valence-electron chi connectivity index (χ1n) is 7.77. The number of nitrogens with zero attached hydrogens (tertiary/aromatic N) is 1. The Labute approximate surface area is 107 Å². The van der Waals surface area contributed by atoms with Gasteiger partial charge in [-0.1, -0.05) is 13.8 Å². The molecule has 1 saturated heterocycles. The fourth-order valence-electron chi connectivity index (χ4n) is 3.45. The zero-order chi connectivity index (χ0) is 12.1. The topological polar surface area (TPSA) is 15.3 Å².